The highest BCUT2D eigenvalue weighted by atomic mass is 32.2. The summed E-state index contributed by atoms with van der Waals surface area (Å²) in [5, 5.41) is 5.61. The maximum atomic E-state index is 13.2. The van der Waals surface area contributed by atoms with E-state index in [1.54, 1.807) is 56.7 Å². The van der Waals surface area contributed by atoms with Crippen LogP contribution in [0.2, 0.25) is 0 Å². The summed E-state index contributed by atoms with van der Waals surface area (Å²) >= 11 is 0. The summed E-state index contributed by atoms with van der Waals surface area (Å²) in [6.07, 6.45) is 1.61. The van der Waals surface area contributed by atoms with Crippen LogP contribution in [-0.2, 0) is 21.2 Å². The van der Waals surface area contributed by atoms with Gasteiger partial charge in [-0.25, -0.2) is 8.42 Å². The number of hydrogen-bond donors (Lipinski definition) is 2. The molecule has 9 nitrogen and oxygen atoms in total. The fourth-order valence-electron chi connectivity index (χ4n) is 4.15. The first-order chi connectivity index (χ1) is 18.5. The molecule has 0 spiro atoms. The third kappa shape index (κ3) is 7.29. The van der Waals surface area contributed by atoms with Crippen molar-refractivity contribution in [2.45, 2.75) is 33.2 Å². The molecule has 2 amide bonds. The molecule has 10 heteroatoms. The molecule has 3 aromatic rings. The highest BCUT2D eigenvalue weighted by molar-refractivity contribution is 7.92. The largest absolute Gasteiger partial charge is 0.493 e. The zero-order valence-corrected chi connectivity index (χ0v) is 23.9. The van der Waals surface area contributed by atoms with E-state index < -0.39 is 22.0 Å². The highest BCUT2D eigenvalue weighted by Crippen LogP contribution is 2.28. The zero-order chi connectivity index (χ0) is 28.7. The molecule has 0 saturated carbocycles. The van der Waals surface area contributed by atoms with Crippen molar-refractivity contribution in [2.24, 2.45) is 0 Å². The molecule has 0 fully saturated rings. The standard InChI is InChI=1S/C29H35N3O6S/c1-19-11-13-23(17-20(19)2)32(39(6,35)36)21(3)28(33)31-25-10-8-7-9-24(25)29(34)30-16-15-22-12-14-26(37-4)27(18-22)38-5/h7-14,17-18,21H,15-16H2,1-6H3,(H,30,34)(H,31,33)/t21-/m1/s1. The summed E-state index contributed by atoms with van der Waals surface area (Å²) in [6.45, 7) is 5.67. The molecule has 1 atom stereocenters. The Morgan fingerprint density at radius 3 is 2.26 bits per heavy atom. The second-order valence-electron chi connectivity index (χ2n) is 9.23. The van der Waals surface area contributed by atoms with Gasteiger partial charge in [-0.1, -0.05) is 24.3 Å². The maximum Gasteiger partial charge on any atom is 0.253 e. The summed E-state index contributed by atoms with van der Waals surface area (Å²) in [5.41, 5.74) is 3.81. The lowest BCUT2D eigenvalue weighted by Crippen LogP contribution is -2.45. The molecule has 2 N–H and O–H groups in total. The maximum absolute atomic E-state index is 13.2. The second kappa shape index (κ2) is 12.7. The number of anilines is 2. The van der Waals surface area contributed by atoms with E-state index in [9.17, 15) is 18.0 Å². The van der Waals surface area contributed by atoms with Crippen molar-refractivity contribution in [1.29, 1.82) is 0 Å². The molecule has 0 radical (unpaired) electrons. The van der Waals surface area contributed by atoms with Crippen molar-refractivity contribution < 1.29 is 27.5 Å². The molecule has 0 aliphatic carbocycles. The van der Waals surface area contributed by atoms with E-state index >= 15 is 0 Å². The molecule has 0 aromatic heterocycles. The van der Waals surface area contributed by atoms with Crippen LogP contribution >= 0.6 is 0 Å². The number of nitrogens with zero attached hydrogens (tertiary/aromatic N) is 1. The number of benzene rings is 3. The lowest BCUT2D eigenvalue weighted by molar-refractivity contribution is -0.116. The van der Waals surface area contributed by atoms with Crippen LogP contribution in [0.4, 0.5) is 11.4 Å². The predicted octanol–water partition coefficient (Wildman–Crippen LogP) is 4.09. The van der Waals surface area contributed by atoms with E-state index in [2.05, 4.69) is 10.6 Å². The van der Waals surface area contributed by atoms with Gasteiger partial charge in [0.15, 0.2) is 11.5 Å². The Balaban J connectivity index is 1.73. The topological polar surface area (TPSA) is 114 Å². The van der Waals surface area contributed by atoms with Gasteiger partial charge in [-0.2, -0.15) is 0 Å². The third-order valence-corrected chi connectivity index (χ3v) is 7.65. The molecular formula is C29H35N3O6S. The molecule has 0 aliphatic rings. The van der Waals surface area contributed by atoms with Crippen molar-refractivity contribution in [3.63, 3.8) is 0 Å². The van der Waals surface area contributed by atoms with Gasteiger partial charge >= 0.3 is 0 Å². The van der Waals surface area contributed by atoms with Crippen LogP contribution in [0.25, 0.3) is 0 Å². The van der Waals surface area contributed by atoms with Crippen LogP contribution in [0, 0.1) is 13.8 Å². The van der Waals surface area contributed by atoms with Gasteiger partial charge in [0.25, 0.3) is 5.91 Å². The number of carbonyl (C=O) groups is 2. The first kappa shape index (κ1) is 29.5. The second-order valence-corrected chi connectivity index (χ2v) is 11.1. The SMILES string of the molecule is COc1ccc(CCNC(=O)c2ccccc2NC(=O)[C@@H](C)N(c2ccc(C)c(C)c2)S(C)(=O)=O)cc1OC. The Kier molecular flexibility index (Phi) is 9.58. The molecule has 39 heavy (non-hydrogen) atoms. The van der Waals surface area contributed by atoms with Crippen molar-refractivity contribution >= 4 is 33.2 Å². The molecule has 208 valence electrons. The number of rotatable bonds is 11. The predicted molar refractivity (Wildman–Crippen MR) is 153 cm³/mol. The van der Waals surface area contributed by atoms with Crippen molar-refractivity contribution in [3.05, 3.63) is 82.9 Å². The van der Waals surface area contributed by atoms with Crippen LogP contribution in [0.15, 0.2) is 60.7 Å². The summed E-state index contributed by atoms with van der Waals surface area (Å²) in [7, 11) is -0.654. The summed E-state index contributed by atoms with van der Waals surface area (Å²) in [5.74, 6) is 0.293. The Bertz CT molecular complexity index is 1460. The monoisotopic (exact) mass is 553 g/mol. The first-order valence-electron chi connectivity index (χ1n) is 12.4. The molecule has 0 heterocycles. The van der Waals surface area contributed by atoms with Crippen LogP contribution in [0.1, 0.15) is 34.0 Å². The number of aryl methyl sites for hydroxylation is 2. The molecule has 0 saturated heterocycles. The van der Waals surface area contributed by atoms with Crippen LogP contribution in [-0.4, -0.2) is 53.3 Å². The quantitative estimate of drug-likeness (QED) is 0.370. The van der Waals surface area contributed by atoms with E-state index in [4.69, 9.17) is 9.47 Å². The Hall–Kier alpha value is -4.05. The lowest BCUT2D eigenvalue weighted by atomic mass is 10.1. The summed E-state index contributed by atoms with van der Waals surface area (Å²) < 4.78 is 37.0. The minimum absolute atomic E-state index is 0.266. The fraction of sp³-hybridized carbons (Fsp3) is 0.310. The minimum atomic E-state index is -3.78. The van der Waals surface area contributed by atoms with Gasteiger partial charge < -0.3 is 20.1 Å². The number of ether oxygens (including phenoxy) is 2. The van der Waals surface area contributed by atoms with Crippen LogP contribution in [0.5, 0.6) is 11.5 Å². The molecule has 3 rings (SSSR count). The van der Waals surface area contributed by atoms with E-state index in [0.717, 1.165) is 27.3 Å². The van der Waals surface area contributed by atoms with Crippen molar-refractivity contribution in [1.82, 2.24) is 5.32 Å². The van der Waals surface area contributed by atoms with Gasteiger partial charge in [0.05, 0.1) is 37.4 Å². The smallest absolute Gasteiger partial charge is 0.253 e. The van der Waals surface area contributed by atoms with Gasteiger partial charge in [-0.05, 0) is 80.3 Å². The zero-order valence-electron chi connectivity index (χ0n) is 23.1. The van der Waals surface area contributed by atoms with Crippen molar-refractivity contribution in [3.8, 4) is 11.5 Å². The molecular weight excluding hydrogens is 518 g/mol. The molecule has 0 unspecified atom stereocenters. The number of hydrogen-bond acceptors (Lipinski definition) is 6. The minimum Gasteiger partial charge on any atom is -0.493 e. The highest BCUT2D eigenvalue weighted by Gasteiger charge is 2.30. The number of nitrogens with one attached hydrogen (secondary N) is 2. The van der Waals surface area contributed by atoms with Crippen LogP contribution < -0.4 is 24.4 Å². The van der Waals surface area contributed by atoms with Gasteiger partial charge in [0, 0.05) is 6.54 Å². The van der Waals surface area contributed by atoms with Gasteiger partial charge in [-0.15, -0.1) is 0 Å². The number of sulfonamides is 1. The number of amides is 2. The average molecular weight is 554 g/mol. The summed E-state index contributed by atoms with van der Waals surface area (Å²) in [6, 6.07) is 16.3. The number of para-hydroxylation sites is 1. The van der Waals surface area contributed by atoms with E-state index in [0.29, 0.717) is 30.2 Å². The number of methoxy groups -OCH3 is 2. The van der Waals surface area contributed by atoms with E-state index in [1.165, 1.54) is 6.92 Å². The van der Waals surface area contributed by atoms with E-state index in [-0.39, 0.29) is 17.2 Å². The Labute approximate surface area is 230 Å². The van der Waals surface area contributed by atoms with E-state index in [1.807, 2.05) is 32.0 Å². The fourth-order valence-corrected chi connectivity index (χ4v) is 5.32. The Morgan fingerprint density at radius 2 is 1.62 bits per heavy atom. The van der Waals surface area contributed by atoms with Gasteiger partial charge in [0.1, 0.15) is 6.04 Å². The third-order valence-electron chi connectivity index (χ3n) is 6.41. The van der Waals surface area contributed by atoms with Gasteiger partial charge in [0.2, 0.25) is 15.9 Å². The lowest BCUT2D eigenvalue weighted by Gasteiger charge is -2.29. The van der Waals surface area contributed by atoms with Crippen molar-refractivity contribution in [2.75, 3.05) is 36.6 Å². The Morgan fingerprint density at radius 1 is 0.923 bits per heavy atom. The normalized spacial score (nSPS) is 11.8. The molecule has 0 aliphatic heterocycles. The molecule has 0 bridgehead atoms. The van der Waals surface area contributed by atoms with Crippen LogP contribution in [0.3, 0.4) is 0 Å². The average Bonchev–Trinajstić information content (AvgIpc) is 2.90. The van der Waals surface area contributed by atoms with Gasteiger partial charge in [-0.3, -0.25) is 13.9 Å². The summed E-state index contributed by atoms with van der Waals surface area (Å²) in [4.78, 5) is 26.2. The molecule has 3 aromatic carbocycles. The first-order valence-corrected chi connectivity index (χ1v) is 14.3. The number of carbonyl (C=O) groups excluding carboxylic acids is 2.